The van der Waals surface area contributed by atoms with Crippen LogP contribution < -0.4 is 0 Å². The van der Waals surface area contributed by atoms with Gasteiger partial charge in [0.25, 0.3) is 0 Å². The number of aromatic nitrogens is 1. The van der Waals surface area contributed by atoms with Gasteiger partial charge in [-0.2, -0.15) is 5.26 Å². The number of hydrogen-bond acceptors (Lipinski definition) is 3. The first-order chi connectivity index (χ1) is 5.69. The van der Waals surface area contributed by atoms with Crippen molar-refractivity contribution < 1.29 is 5.11 Å². The molecule has 1 rings (SSSR count). The van der Waals surface area contributed by atoms with Crippen LogP contribution in [-0.4, -0.2) is 10.1 Å². The minimum atomic E-state index is 0.0431. The number of aryl methyl sites for hydroxylation is 1. The standard InChI is InChI=1S/C8H7ClN2O/c1-2-6-8(12)3-5(9)7(4-10)11-6/h3,12H,2H2,1H3. The molecule has 1 aromatic heterocycles. The van der Waals surface area contributed by atoms with Gasteiger partial charge in [-0.15, -0.1) is 0 Å². The lowest BCUT2D eigenvalue weighted by Crippen LogP contribution is -1.92. The maximum absolute atomic E-state index is 9.25. The minimum absolute atomic E-state index is 0.0431. The third kappa shape index (κ3) is 1.49. The second-order valence-electron chi connectivity index (χ2n) is 2.25. The minimum Gasteiger partial charge on any atom is -0.506 e. The Kier molecular flexibility index (Phi) is 2.51. The molecule has 0 spiro atoms. The van der Waals surface area contributed by atoms with Crippen molar-refractivity contribution in [1.82, 2.24) is 4.98 Å². The summed E-state index contributed by atoms with van der Waals surface area (Å²) in [6.07, 6.45) is 0.581. The summed E-state index contributed by atoms with van der Waals surface area (Å²) in [4.78, 5) is 3.87. The number of hydrogen-bond donors (Lipinski definition) is 1. The Morgan fingerprint density at radius 3 is 2.92 bits per heavy atom. The van der Waals surface area contributed by atoms with Gasteiger partial charge >= 0.3 is 0 Å². The highest BCUT2D eigenvalue weighted by Gasteiger charge is 2.07. The van der Waals surface area contributed by atoms with Gasteiger partial charge in [0.05, 0.1) is 10.7 Å². The molecule has 0 aliphatic carbocycles. The molecule has 62 valence electrons. The largest absolute Gasteiger partial charge is 0.506 e. The van der Waals surface area contributed by atoms with Crippen LogP contribution in [0.2, 0.25) is 5.02 Å². The van der Waals surface area contributed by atoms with E-state index < -0.39 is 0 Å². The van der Waals surface area contributed by atoms with Crippen molar-refractivity contribution in [2.75, 3.05) is 0 Å². The fourth-order valence-electron chi connectivity index (χ4n) is 0.856. The predicted molar refractivity (Wildman–Crippen MR) is 45.0 cm³/mol. The summed E-state index contributed by atoms with van der Waals surface area (Å²) in [5.74, 6) is 0.0431. The van der Waals surface area contributed by atoms with Crippen LogP contribution in [0, 0.1) is 11.3 Å². The van der Waals surface area contributed by atoms with E-state index in [4.69, 9.17) is 16.9 Å². The first-order valence-corrected chi connectivity index (χ1v) is 3.85. The fourth-order valence-corrected chi connectivity index (χ4v) is 1.04. The molecule has 4 heteroatoms. The zero-order valence-electron chi connectivity index (χ0n) is 6.50. The van der Waals surface area contributed by atoms with Crippen molar-refractivity contribution in [3.63, 3.8) is 0 Å². The van der Waals surface area contributed by atoms with Crippen molar-refractivity contribution >= 4 is 11.6 Å². The molecule has 0 saturated carbocycles. The molecule has 0 atom stereocenters. The van der Waals surface area contributed by atoms with E-state index in [1.54, 1.807) is 0 Å². The van der Waals surface area contributed by atoms with Gasteiger partial charge in [0.2, 0.25) is 0 Å². The number of aromatic hydroxyl groups is 1. The second kappa shape index (κ2) is 3.42. The summed E-state index contributed by atoms with van der Waals surface area (Å²) in [7, 11) is 0. The molecule has 0 aliphatic rings. The van der Waals surface area contributed by atoms with Crippen LogP contribution in [0.4, 0.5) is 0 Å². The molecule has 0 bridgehead atoms. The van der Waals surface area contributed by atoms with Gasteiger partial charge in [-0.3, -0.25) is 0 Å². The van der Waals surface area contributed by atoms with Gasteiger partial charge in [0.1, 0.15) is 11.8 Å². The number of nitrogens with zero attached hydrogens (tertiary/aromatic N) is 2. The van der Waals surface area contributed by atoms with Crippen molar-refractivity contribution in [3.05, 3.63) is 22.5 Å². The molecule has 0 aromatic carbocycles. The highest BCUT2D eigenvalue weighted by molar-refractivity contribution is 6.31. The van der Waals surface area contributed by atoms with Crippen LogP contribution in [0.1, 0.15) is 18.3 Å². The van der Waals surface area contributed by atoms with Crippen molar-refractivity contribution in [1.29, 1.82) is 5.26 Å². The van der Waals surface area contributed by atoms with E-state index in [1.165, 1.54) is 6.07 Å². The average Bonchev–Trinajstić information content (AvgIpc) is 2.05. The van der Waals surface area contributed by atoms with Gasteiger partial charge in [0.15, 0.2) is 5.69 Å². The smallest absolute Gasteiger partial charge is 0.159 e. The van der Waals surface area contributed by atoms with Gasteiger partial charge in [-0.25, -0.2) is 4.98 Å². The van der Waals surface area contributed by atoms with Crippen molar-refractivity contribution in [2.24, 2.45) is 0 Å². The first kappa shape index (κ1) is 8.82. The summed E-state index contributed by atoms with van der Waals surface area (Å²) >= 11 is 5.61. The molecule has 0 amide bonds. The normalized spacial score (nSPS) is 9.42. The van der Waals surface area contributed by atoms with Gasteiger partial charge in [-0.05, 0) is 6.42 Å². The maximum Gasteiger partial charge on any atom is 0.159 e. The van der Waals surface area contributed by atoms with Crippen molar-refractivity contribution in [2.45, 2.75) is 13.3 Å². The zero-order valence-corrected chi connectivity index (χ0v) is 7.26. The Labute approximate surface area is 75.2 Å². The Bertz CT molecular complexity index is 344. The molecular formula is C8H7ClN2O. The fraction of sp³-hybridized carbons (Fsp3) is 0.250. The highest BCUT2D eigenvalue weighted by atomic mass is 35.5. The number of nitriles is 1. The van der Waals surface area contributed by atoms with E-state index in [2.05, 4.69) is 4.98 Å². The average molecular weight is 183 g/mol. The molecule has 0 radical (unpaired) electrons. The lowest BCUT2D eigenvalue weighted by Gasteiger charge is -2.01. The van der Waals surface area contributed by atoms with Crippen LogP contribution in [0.5, 0.6) is 5.75 Å². The van der Waals surface area contributed by atoms with Gasteiger partial charge in [-0.1, -0.05) is 18.5 Å². The molecule has 1 N–H and O–H groups in total. The molecule has 0 saturated heterocycles. The topological polar surface area (TPSA) is 56.9 Å². The van der Waals surface area contributed by atoms with Gasteiger partial charge < -0.3 is 5.11 Å². The molecular weight excluding hydrogens is 176 g/mol. The van der Waals surface area contributed by atoms with E-state index in [-0.39, 0.29) is 16.5 Å². The first-order valence-electron chi connectivity index (χ1n) is 3.47. The number of halogens is 1. The molecule has 1 heterocycles. The lowest BCUT2D eigenvalue weighted by atomic mass is 10.2. The van der Waals surface area contributed by atoms with E-state index in [1.807, 2.05) is 13.0 Å². The molecule has 0 fully saturated rings. The van der Waals surface area contributed by atoms with Crippen LogP contribution in [0.3, 0.4) is 0 Å². The van der Waals surface area contributed by atoms with Crippen LogP contribution in [0.25, 0.3) is 0 Å². The molecule has 12 heavy (non-hydrogen) atoms. The Morgan fingerprint density at radius 2 is 2.42 bits per heavy atom. The van der Waals surface area contributed by atoms with Gasteiger partial charge in [0, 0.05) is 6.07 Å². The highest BCUT2D eigenvalue weighted by Crippen LogP contribution is 2.22. The maximum atomic E-state index is 9.25. The third-order valence-corrected chi connectivity index (χ3v) is 1.76. The Morgan fingerprint density at radius 1 is 1.75 bits per heavy atom. The molecule has 0 aliphatic heterocycles. The van der Waals surface area contributed by atoms with Crippen LogP contribution in [0.15, 0.2) is 6.07 Å². The quantitative estimate of drug-likeness (QED) is 0.722. The SMILES string of the molecule is CCc1nc(C#N)c(Cl)cc1O. The Hall–Kier alpha value is -1.27. The molecule has 1 aromatic rings. The summed E-state index contributed by atoms with van der Waals surface area (Å²) in [6.45, 7) is 1.84. The lowest BCUT2D eigenvalue weighted by molar-refractivity contribution is 0.465. The zero-order chi connectivity index (χ0) is 9.14. The van der Waals surface area contributed by atoms with Crippen LogP contribution in [-0.2, 0) is 6.42 Å². The number of pyridine rings is 1. The van der Waals surface area contributed by atoms with E-state index in [0.717, 1.165) is 0 Å². The second-order valence-corrected chi connectivity index (χ2v) is 2.66. The summed E-state index contributed by atoms with van der Waals surface area (Å²) in [5, 5.41) is 18.0. The molecule has 3 nitrogen and oxygen atoms in total. The third-order valence-electron chi connectivity index (χ3n) is 1.47. The predicted octanol–water partition coefficient (Wildman–Crippen LogP) is 1.87. The summed E-state index contributed by atoms with van der Waals surface area (Å²) in [5.41, 5.74) is 0.655. The summed E-state index contributed by atoms with van der Waals surface area (Å²) in [6, 6.07) is 3.18. The monoisotopic (exact) mass is 182 g/mol. The summed E-state index contributed by atoms with van der Waals surface area (Å²) < 4.78 is 0. The van der Waals surface area contributed by atoms with E-state index in [9.17, 15) is 5.11 Å². The number of rotatable bonds is 1. The molecule has 0 unspecified atom stereocenters. The van der Waals surface area contributed by atoms with E-state index in [0.29, 0.717) is 12.1 Å². The van der Waals surface area contributed by atoms with E-state index >= 15 is 0 Å². The van der Waals surface area contributed by atoms with Crippen LogP contribution >= 0.6 is 11.6 Å². The van der Waals surface area contributed by atoms with Crippen molar-refractivity contribution in [3.8, 4) is 11.8 Å². The Balaban J connectivity index is 3.30.